The average molecular weight is 246 g/mol. The van der Waals surface area contributed by atoms with Crippen LogP contribution in [0.5, 0.6) is 0 Å². The fraction of sp³-hybridized carbons (Fsp3) is 0.500. The zero-order chi connectivity index (χ0) is 13.4. The molecule has 0 aromatic heterocycles. The molecule has 0 aliphatic carbocycles. The molecule has 0 heterocycles. The van der Waals surface area contributed by atoms with Crippen LogP contribution >= 0.6 is 0 Å². The molecule has 0 unspecified atom stereocenters. The minimum absolute atomic E-state index is 0.200. The van der Waals surface area contributed by atoms with E-state index in [0.717, 1.165) is 0 Å². The number of carboxylic acids is 2. The Hall–Kier alpha value is -2.05. The van der Waals surface area contributed by atoms with Crippen LogP contribution in [0.4, 0.5) is 4.79 Å². The Morgan fingerprint density at radius 3 is 2.24 bits per heavy atom. The first kappa shape index (κ1) is 14.9. The van der Waals surface area contributed by atoms with Gasteiger partial charge in [0.2, 0.25) is 0 Å². The third kappa shape index (κ3) is 7.83. The first-order valence-corrected chi connectivity index (χ1v) is 4.83. The van der Waals surface area contributed by atoms with Crippen LogP contribution in [-0.4, -0.2) is 41.0 Å². The maximum atomic E-state index is 10.9. The van der Waals surface area contributed by atoms with E-state index >= 15 is 0 Å². The highest BCUT2D eigenvalue weighted by Crippen LogP contribution is 2.03. The number of ether oxygens (including phenoxy) is 2. The molecule has 96 valence electrons. The maximum absolute atomic E-state index is 10.9. The smallest absolute Gasteiger partial charge is 0.478 e. The summed E-state index contributed by atoms with van der Waals surface area (Å²) in [4.78, 5) is 31.8. The summed E-state index contributed by atoms with van der Waals surface area (Å²) in [5.41, 5.74) is -0.352. The van der Waals surface area contributed by atoms with Gasteiger partial charge in [-0.3, -0.25) is 0 Å². The van der Waals surface area contributed by atoms with Crippen molar-refractivity contribution in [2.24, 2.45) is 0 Å². The predicted molar refractivity (Wildman–Crippen MR) is 55.5 cm³/mol. The lowest BCUT2D eigenvalue weighted by atomic mass is 10.2. The van der Waals surface area contributed by atoms with E-state index in [4.69, 9.17) is 10.2 Å². The van der Waals surface area contributed by atoms with Crippen molar-refractivity contribution in [3.8, 4) is 0 Å². The van der Waals surface area contributed by atoms with E-state index in [2.05, 4.69) is 9.47 Å². The second-order valence-corrected chi connectivity index (χ2v) is 3.33. The summed E-state index contributed by atoms with van der Waals surface area (Å²) in [5.74, 6) is -2.74. The topological polar surface area (TPSA) is 110 Å². The molecule has 0 saturated carbocycles. The molecule has 0 aromatic carbocycles. The van der Waals surface area contributed by atoms with Crippen molar-refractivity contribution in [1.82, 2.24) is 0 Å². The zero-order valence-electron chi connectivity index (χ0n) is 9.50. The fourth-order valence-electron chi connectivity index (χ4n) is 0.861. The van der Waals surface area contributed by atoms with Crippen LogP contribution in [0.25, 0.3) is 0 Å². The Bertz CT molecular complexity index is 330. The molecular weight excluding hydrogens is 232 g/mol. The highest BCUT2D eigenvalue weighted by molar-refractivity contribution is 5.94. The van der Waals surface area contributed by atoms with Crippen molar-refractivity contribution in [2.45, 2.75) is 26.4 Å². The Kier molecular flexibility index (Phi) is 6.39. The second-order valence-electron chi connectivity index (χ2n) is 3.33. The Labute approximate surface area is 97.6 Å². The van der Waals surface area contributed by atoms with Crippen LogP contribution in [0.1, 0.15) is 20.3 Å². The minimum atomic E-state index is -1.37. The Morgan fingerprint density at radius 2 is 1.82 bits per heavy atom. The molecule has 17 heavy (non-hydrogen) atoms. The van der Waals surface area contributed by atoms with E-state index < -0.39 is 18.1 Å². The van der Waals surface area contributed by atoms with Gasteiger partial charge in [-0.05, 0) is 13.8 Å². The van der Waals surface area contributed by atoms with Crippen LogP contribution < -0.4 is 0 Å². The standard InChI is InChI=1S/C10H14O7/c1-6(2)17-10(15)16-4-3-7(9(13)14)5-8(11)12/h5-6H,3-4H2,1-2H3,(H,11,12)(H,13,14). The van der Waals surface area contributed by atoms with Crippen LogP contribution in [0, 0.1) is 0 Å². The summed E-state index contributed by atoms with van der Waals surface area (Å²) in [6, 6.07) is 0. The molecule has 2 N–H and O–H groups in total. The number of hydrogen-bond acceptors (Lipinski definition) is 5. The lowest BCUT2D eigenvalue weighted by Crippen LogP contribution is -2.15. The summed E-state index contributed by atoms with van der Waals surface area (Å²) in [6.45, 7) is 3.01. The van der Waals surface area contributed by atoms with Crippen molar-refractivity contribution in [1.29, 1.82) is 0 Å². The molecule has 0 aliphatic rings. The molecule has 0 aromatic rings. The first-order valence-electron chi connectivity index (χ1n) is 4.83. The van der Waals surface area contributed by atoms with E-state index in [1.807, 2.05) is 0 Å². The van der Waals surface area contributed by atoms with Crippen molar-refractivity contribution in [3.05, 3.63) is 11.6 Å². The highest BCUT2D eigenvalue weighted by Gasteiger charge is 2.12. The second kappa shape index (κ2) is 7.26. The molecule has 0 bridgehead atoms. The van der Waals surface area contributed by atoms with E-state index in [9.17, 15) is 14.4 Å². The SMILES string of the molecule is CC(C)OC(=O)OCCC(=CC(=O)O)C(=O)O. The van der Waals surface area contributed by atoms with Crippen molar-refractivity contribution in [2.75, 3.05) is 6.61 Å². The predicted octanol–water partition coefficient (Wildman–Crippen LogP) is 1.03. The third-order valence-corrected chi connectivity index (χ3v) is 1.50. The van der Waals surface area contributed by atoms with Gasteiger partial charge in [0, 0.05) is 18.1 Å². The van der Waals surface area contributed by atoms with Gasteiger partial charge in [0.05, 0.1) is 12.7 Å². The molecule has 7 heteroatoms. The summed E-state index contributed by atoms with van der Waals surface area (Å²) >= 11 is 0. The summed E-state index contributed by atoms with van der Waals surface area (Å²) < 4.78 is 9.19. The monoisotopic (exact) mass is 246 g/mol. The quantitative estimate of drug-likeness (QED) is 0.532. The molecule has 0 atom stereocenters. The molecule has 0 fully saturated rings. The summed E-state index contributed by atoms with van der Waals surface area (Å²) in [6.07, 6.45) is -0.898. The van der Waals surface area contributed by atoms with Gasteiger partial charge in [0.25, 0.3) is 0 Å². The van der Waals surface area contributed by atoms with Gasteiger partial charge >= 0.3 is 18.1 Å². The Balaban J connectivity index is 4.12. The van der Waals surface area contributed by atoms with Gasteiger partial charge in [-0.1, -0.05) is 0 Å². The molecule has 0 amide bonds. The molecule has 0 aliphatic heterocycles. The fourth-order valence-corrected chi connectivity index (χ4v) is 0.861. The number of rotatable bonds is 6. The van der Waals surface area contributed by atoms with Gasteiger partial charge in [0.1, 0.15) is 0 Å². The molecule has 0 saturated heterocycles. The summed E-state index contributed by atoms with van der Waals surface area (Å²) in [7, 11) is 0. The van der Waals surface area contributed by atoms with Gasteiger partial charge < -0.3 is 19.7 Å². The van der Waals surface area contributed by atoms with Crippen LogP contribution in [0.3, 0.4) is 0 Å². The van der Waals surface area contributed by atoms with Crippen molar-refractivity contribution >= 4 is 18.1 Å². The molecular formula is C10H14O7. The molecule has 0 radical (unpaired) electrons. The number of carbonyl (C=O) groups excluding carboxylic acids is 1. The number of carbonyl (C=O) groups is 3. The molecule has 0 spiro atoms. The number of hydrogen-bond donors (Lipinski definition) is 2. The lowest BCUT2D eigenvalue weighted by molar-refractivity contribution is -0.135. The Morgan fingerprint density at radius 1 is 1.24 bits per heavy atom. The van der Waals surface area contributed by atoms with E-state index in [1.54, 1.807) is 13.8 Å². The van der Waals surface area contributed by atoms with Gasteiger partial charge in [-0.2, -0.15) is 0 Å². The van der Waals surface area contributed by atoms with E-state index in [-0.39, 0.29) is 24.7 Å². The lowest BCUT2D eigenvalue weighted by Gasteiger charge is -2.08. The van der Waals surface area contributed by atoms with Crippen molar-refractivity contribution < 1.29 is 34.1 Å². The number of aliphatic carboxylic acids is 2. The summed E-state index contributed by atoms with van der Waals surface area (Å²) in [5, 5.41) is 17.0. The normalized spacial score (nSPS) is 11.1. The van der Waals surface area contributed by atoms with E-state index in [0.29, 0.717) is 6.08 Å². The minimum Gasteiger partial charge on any atom is -0.478 e. The zero-order valence-corrected chi connectivity index (χ0v) is 9.50. The first-order chi connectivity index (χ1) is 7.82. The maximum Gasteiger partial charge on any atom is 0.508 e. The largest absolute Gasteiger partial charge is 0.508 e. The number of carboxylic acid groups (broad SMARTS) is 2. The molecule has 7 nitrogen and oxygen atoms in total. The van der Waals surface area contributed by atoms with Crippen LogP contribution in [-0.2, 0) is 19.1 Å². The van der Waals surface area contributed by atoms with Crippen LogP contribution in [0.2, 0.25) is 0 Å². The van der Waals surface area contributed by atoms with Gasteiger partial charge in [-0.15, -0.1) is 0 Å². The van der Waals surface area contributed by atoms with E-state index in [1.165, 1.54) is 0 Å². The highest BCUT2D eigenvalue weighted by atomic mass is 16.7. The van der Waals surface area contributed by atoms with Crippen molar-refractivity contribution in [3.63, 3.8) is 0 Å². The third-order valence-electron chi connectivity index (χ3n) is 1.50. The van der Waals surface area contributed by atoms with Crippen LogP contribution in [0.15, 0.2) is 11.6 Å². The average Bonchev–Trinajstić information content (AvgIpc) is 2.13. The van der Waals surface area contributed by atoms with Gasteiger partial charge in [-0.25, -0.2) is 14.4 Å². The van der Waals surface area contributed by atoms with Gasteiger partial charge in [0.15, 0.2) is 0 Å². The molecule has 0 rings (SSSR count).